The summed E-state index contributed by atoms with van der Waals surface area (Å²) in [6, 6.07) is 3.58. The van der Waals surface area contributed by atoms with Crippen molar-refractivity contribution >= 4 is 29.1 Å². The molecule has 8 heteroatoms. The molecule has 1 aromatic rings. The topological polar surface area (TPSA) is 95.7 Å². The number of carbonyl (C=O) groups is 3. The highest BCUT2D eigenvalue weighted by Crippen LogP contribution is 2.19. The molecular formula is C13H15FN4O3. The van der Waals surface area contributed by atoms with Crippen molar-refractivity contribution in [3.63, 3.8) is 0 Å². The van der Waals surface area contributed by atoms with Gasteiger partial charge in [-0.2, -0.15) is 0 Å². The van der Waals surface area contributed by atoms with Crippen molar-refractivity contribution in [2.45, 2.75) is 0 Å². The average molecular weight is 294 g/mol. The molecule has 7 nitrogen and oxygen atoms in total. The number of hydrogen-bond acceptors (Lipinski definition) is 4. The van der Waals surface area contributed by atoms with E-state index in [1.807, 2.05) is 0 Å². The molecule has 1 heterocycles. The second-order valence-electron chi connectivity index (χ2n) is 4.73. The Bertz CT molecular complexity index is 605. The minimum absolute atomic E-state index is 0.0872. The van der Waals surface area contributed by atoms with Gasteiger partial charge in [-0.1, -0.05) is 0 Å². The summed E-state index contributed by atoms with van der Waals surface area (Å²) in [6.45, 7) is 0.402. The van der Waals surface area contributed by atoms with Gasteiger partial charge in [0.15, 0.2) is 0 Å². The summed E-state index contributed by atoms with van der Waals surface area (Å²) in [5, 5.41) is 2.48. The maximum absolute atomic E-state index is 12.9. The Morgan fingerprint density at radius 3 is 2.71 bits per heavy atom. The average Bonchev–Trinajstić information content (AvgIpc) is 2.43. The molecule has 3 N–H and O–H groups in total. The highest BCUT2D eigenvalue weighted by atomic mass is 19.1. The third kappa shape index (κ3) is 3.28. The van der Waals surface area contributed by atoms with Crippen LogP contribution in [-0.2, 0) is 14.4 Å². The van der Waals surface area contributed by atoms with Gasteiger partial charge in [0.05, 0.1) is 11.4 Å². The second kappa shape index (κ2) is 5.78. The number of carbonyl (C=O) groups excluding carboxylic acids is 3. The lowest BCUT2D eigenvalue weighted by atomic mass is 10.2. The van der Waals surface area contributed by atoms with E-state index >= 15 is 0 Å². The predicted molar refractivity (Wildman–Crippen MR) is 73.7 cm³/mol. The summed E-state index contributed by atoms with van der Waals surface area (Å²) in [6.07, 6.45) is 0. The van der Waals surface area contributed by atoms with Crippen LogP contribution in [0.5, 0.6) is 0 Å². The number of anilines is 2. The molecule has 3 amide bonds. The van der Waals surface area contributed by atoms with Gasteiger partial charge in [-0.25, -0.2) is 4.39 Å². The number of nitrogens with one attached hydrogen (secondary N) is 1. The first-order chi connectivity index (χ1) is 9.88. The molecule has 1 fully saturated rings. The fourth-order valence-corrected chi connectivity index (χ4v) is 1.93. The lowest BCUT2D eigenvalue weighted by Crippen LogP contribution is -2.54. The number of hydrogen-bond donors (Lipinski definition) is 2. The normalized spacial score (nSPS) is 15.3. The summed E-state index contributed by atoms with van der Waals surface area (Å²) in [5.74, 6) is -2.37. The standard InChI is InChI=1S/C13H15FN4O3/c1-17-4-5-18(13(21)12(17)20)7-11(19)16-10-3-2-8(14)6-9(10)15/h2-3,6H,4-5,7,15H2,1H3,(H,16,19). The van der Waals surface area contributed by atoms with E-state index in [2.05, 4.69) is 5.32 Å². The summed E-state index contributed by atoms with van der Waals surface area (Å²) in [5.41, 5.74) is 5.92. The zero-order valence-corrected chi connectivity index (χ0v) is 11.4. The molecular weight excluding hydrogens is 279 g/mol. The Hall–Kier alpha value is -2.64. The maximum Gasteiger partial charge on any atom is 0.312 e. The largest absolute Gasteiger partial charge is 0.397 e. The van der Waals surface area contributed by atoms with Crippen LogP contribution in [0.1, 0.15) is 0 Å². The smallest absolute Gasteiger partial charge is 0.312 e. The lowest BCUT2D eigenvalue weighted by molar-refractivity contribution is -0.155. The van der Waals surface area contributed by atoms with Crippen molar-refractivity contribution in [3.8, 4) is 0 Å². The zero-order valence-electron chi connectivity index (χ0n) is 11.4. The van der Waals surface area contributed by atoms with Gasteiger partial charge >= 0.3 is 11.8 Å². The maximum atomic E-state index is 12.9. The van der Waals surface area contributed by atoms with Crippen molar-refractivity contribution in [3.05, 3.63) is 24.0 Å². The molecule has 0 atom stereocenters. The summed E-state index contributed by atoms with van der Waals surface area (Å²) in [7, 11) is 1.52. The lowest BCUT2D eigenvalue weighted by Gasteiger charge is -2.30. The van der Waals surface area contributed by atoms with Crippen LogP contribution in [0.15, 0.2) is 18.2 Å². The van der Waals surface area contributed by atoms with Crippen molar-refractivity contribution in [2.24, 2.45) is 0 Å². The third-order valence-corrected chi connectivity index (χ3v) is 3.14. The number of nitrogens with zero attached hydrogens (tertiary/aromatic N) is 2. The molecule has 1 aliphatic rings. The van der Waals surface area contributed by atoms with Crippen molar-refractivity contribution in [2.75, 3.05) is 37.7 Å². The Labute approximate surface area is 120 Å². The Balaban J connectivity index is 1.99. The molecule has 112 valence electrons. The summed E-state index contributed by atoms with van der Waals surface area (Å²) >= 11 is 0. The molecule has 0 radical (unpaired) electrons. The van der Waals surface area contributed by atoms with Crippen molar-refractivity contribution in [1.82, 2.24) is 9.80 Å². The monoisotopic (exact) mass is 294 g/mol. The first-order valence-electron chi connectivity index (χ1n) is 6.27. The minimum atomic E-state index is -0.717. The minimum Gasteiger partial charge on any atom is -0.397 e. The van der Waals surface area contributed by atoms with Crippen LogP contribution in [0.2, 0.25) is 0 Å². The van der Waals surface area contributed by atoms with E-state index in [0.29, 0.717) is 6.54 Å². The van der Waals surface area contributed by atoms with E-state index in [-0.39, 0.29) is 24.5 Å². The van der Waals surface area contributed by atoms with E-state index in [1.165, 1.54) is 18.0 Å². The van der Waals surface area contributed by atoms with Gasteiger partial charge < -0.3 is 20.9 Å². The van der Waals surface area contributed by atoms with Crippen LogP contribution in [0.4, 0.5) is 15.8 Å². The second-order valence-corrected chi connectivity index (χ2v) is 4.73. The number of nitrogens with two attached hydrogens (primary N) is 1. The van der Waals surface area contributed by atoms with Gasteiger partial charge in [0.25, 0.3) is 0 Å². The van der Waals surface area contributed by atoms with Crippen LogP contribution < -0.4 is 11.1 Å². The van der Waals surface area contributed by atoms with Crippen LogP contribution in [0.25, 0.3) is 0 Å². The SMILES string of the molecule is CN1CCN(CC(=O)Nc2ccc(F)cc2N)C(=O)C1=O. The molecule has 0 aromatic heterocycles. The molecule has 0 spiro atoms. The number of nitrogen functional groups attached to an aromatic ring is 1. The summed E-state index contributed by atoms with van der Waals surface area (Å²) < 4.78 is 12.9. The highest BCUT2D eigenvalue weighted by molar-refractivity contribution is 6.35. The molecule has 2 rings (SSSR count). The molecule has 1 saturated heterocycles. The number of rotatable bonds is 3. The first-order valence-corrected chi connectivity index (χ1v) is 6.27. The van der Waals surface area contributed by atoms with Gasteiger partial charge in [0.2, 0.25) is 5.91 Å². The highest BCUT2D eigenvalue weighted by Gasteiger charge is 2.31. The number of amides is 3. The first kappa shape index (κ1) is 14.8. The van der Waals surface area contributed by atoms with Crippen molar-refractivity contribution in [1.29, 1.82) is 0 Å². The van der Waals surface area contributed by atoms with Crippen molar-refractivity contribution < 1.29 is 18.8 Å². The Morgan fingerprint density at radius 2 is 2.05 bits per heavy atom. The van der Waals surface area contributed by atoms with E-state index in [4.69, 9.17) is 5.73 Å². The molecule has 0 saturated carbocycles. The van der Waals surface area contributed by atoms with Gasteiger partial charge in [0.1, 0.15) is 12.4 Å². The fraction of sp³-hybridized carbons (Fsp3) is 0.308. The molecule has 1 aromatic carbocycles. The number of benzene rings is 1. The Morgan fingerprint density at radius 1 is 1.33 bits per heavy atom. The van der Waals surface area contributed by atoms with Gasteiger partial charge in [-0.15, -0.1) is 0 Å². The van der Waals surface area contributed by atoms with E-state index in [9.17, 15) is 18.8 Å². The number of halogens is 1. The molecule has 0 aliphatic carbocycles. The molecule has 0 unspecified atom stereocenters. The van der Waals surface area contributed by atoms with E-state index < -0.39 is 23.5 Å². The molecule has 1 aliphatic heterocycles. The van der Waals surface area contributed by atoms with Crippen LogP contribution >= 0.6 is 0 Å². The predicted octanol–water partition coefficient (Wildman–Crippen LogP) is -0.353. The zero-order chi connectivity index (χ0) is 15.6. The fourth-order valence-electron chi connectivity index (χ4n) is 1.93. The Kier molecular flexibility index (Phi) is 4.06. The molecule has 21 heavy (non-hydrogen) atoms. The van der Waals surface area contributed by atoms with Gasteiger partial charge in [-0.3, -0.25) is 14.4 Å². The number of piperazine rings is 1. The van der Waals surface area contributed by atoms with Gasteiger partial charge in [-0.05, 0) is 18.2 Å². The summed E-state index contributed by atoms with van der Waals surface area (Å²) in [4.78, 5) is 37.6. The van der Waals surface area contributed by atoms with Crippen LogP contribution in [-0.4, -0.2) is 54.2 Å². The van der Waals surface area contributed by atoms with Crippen LogP contribution in [0.3, 0.4) is 0 Å². The number of likely N-dealkylation sites (N-methyl/N-ethyl adjacent to an activating group) is 1. The van der Waals surface area contributed by atoms with E-state index in [1.54, 1.807) is 0 Å². The molecule has 0 bridgehead atoms. The van der Waals surface area contributed by atoms with Crippen LogP contribution in [0, 0.1) is 5.82 Å². The third-order valence-electron chi connectivity index (χ3n) is 3.14. The van der Waals surface area contributed by atoms with E-state index in [0.717, 1.165) is 17.0 Å². The van der Waals surface area contributed by atoms with Gasteiger partial charge in [0, 0.05) is 20.1 Å². The quantitative estimate of drug-likeness (QED) is 0.588.